The Balaban J connectivity index is 1.42. The van der Waals surface area contributed by atoms with Crippen LogP contribution in [0.2, 0.25) is 0 Å². The van der Waals surface area contributed by atoms with Crippen LogP contribution in [0.15, 0.2) is 176 Å². The molecule has 0 fully saturated rings. The fourth-order valence-electron chi connectivity index (χ4n) is 5.29. The van der Waals surface area contributed by atoms with E-state index in [-0.39, 0.29) is 0 Å². The number of fused-ring (bicyclic) bond motifs is 1. The SMILES string of the molecule is C=C/C=C(\C=C\c1ccccc1N(c1ccccc1)c1ccc(-c2cccc3ccccc23)cc1)c1ccccc1. The highest BCUT2D eigenvalue weighted by Crippen LogP contribution is 2.38. The Hall–Kier alpha value is -5.40. The number of hydrogen-bond donors (Lipinski definition) is 0. The van der Waals surface area contributed by atoms with E-state index in [4.69, 9.17) is 0 Å². The van der Waals surface area contributed by atoms with Gasteiger partial charge in [-0.3, -0.25) is 0 Å². The van der Waals surface area contributed by atoms with Crippen LogP contribution in [0, 0.1) is 0 Å². The zero-order valence-corrected chi connectivity index (χ0v) is 22.9. The van der Waals surface area contributed by atoms with E-state index in [1.54, 1.807) is 0 Å². The third kappa shape index (κ3) is 5.66. The molecule has 6 aromatic rings. The molecule has 0 heterocycles. The van der Waals surface area contributed by atoms with Crippen LogP contribution in [0.5, 0.6) is 0 Å². The molecule has 41 heavy (non-hydrogen) atoms. The van der Waals surface area contributed by atoms with Gasteiger partial charge in [0.05, 0.1) is 5.69 Å². The average Bonchev–Trinajstić information content (AvgIpc) is 3.05. The fraction of sp³-hybridized carbons (Fsp3) is 0. The number of allylic oxidation sites excluding steroid dienone is 4. The highest BCUT2D eigenvalue weighted by atomic mass is 15.1. The van der Waals surface area contributed by atoms with Crippen molar-refractivity contribution < 1.29 is 0 Å². The molecule has 196 valence electrons. The van der Waals surface area contributed by atoms with Gasteiger partial charge in [-0.25, -0.2) is 0 Å². The highest BCUT2D eigenvalue weighted by molar-refractivity contribution is 5.97. The predicted molar refractivity (Wildman–Crippen MR) is 178 cm³/mol. The Kier molecular flexibility index (Phi) is 7.69. The molecule has 0 N–H and O–H groups in total. The molecular formula is C40H31N. The molecule has 0 radical (unpaired) electrons. The van der Waals surface area contributed by atoms with Gasteiger partial charge in [0.25, 0.3) is 0 Å². The van der Waals surface area contributed by atoms with E-state index in [0.29, 0.717) is 0 Å². The van der Waals surface area contributed by atoms with Crippen LogP contribution >= 0.6 is 0 Å². The van der Waals surface area contributed by atoms with Crippen LogP contribution in [0.3, 0.4) is 0 Å². The number of nitrogens with zero attached hydrogens (tertiary/aromatic N) is 1. The van der Waals surface area contributed by atoms with E-state index in [2.05, 4.69) is 175 Å². The van der Waals surface area contributed by atoms with Crippen molar-refractivity contribution in [3.05, 3.63) is 188 Å². The average molecular weight is 526 g/mol. The molecular weight excluding hydrogens is 494 g/mol. The second-order valence-electron chi connectivity index (χ2n) is 9.86. The number of hydrogen-bond acceptors (Lipinski definition) is 1. The van der Waals surface area contributed by atoms with Crippen molar-refractivity contribution in [2.24, 2.45) is 0 Å². The second-order valence-corrected chi connectivity index (χ2v) is 9.86. The predicted octanol–water partition coefficient (Wildman–Crippen LogP) is 11.3. The molecule has 0 saturated heterocycles. The molecule has 0 aliphatic rings. The zero-order chi connectivity index (χ0) is 27.9. The molecule has 0 atom stereocenters. The van der Waals surface area contributed by atoms with Crippen molar-refractivity contribution in [3.8, 4) is 11.1 Å². The molecule has 1 nitrogen and oxygen atoms in total. The van der Waals surface area contributed by atoms with Gasteiger partial charge in [-0.15, -0.1) is 0 Å². The molecule has 0 unspecified atom stereocenters. The molecule has 0 aliphatic heterocycles. The summed E-state index contributed by atoms with van der Waals surface area (Å²) in [6.07, 6.45) is 8.25. The topological polar surface area (TPSA) is 3.24 Å². The van der Waals surface area contributed by atoms with E-state index in [9.17, 15) is 0 Å². The third-order valence-corrected chi connectivity index (χ3v) is 7.27. The van der Waals surface area contributed by atoms with Crippen molar-refractivity contribution in [3.63, 3.8) is 0 Å². The van der Waals surface area contributed by atoms with Gasteiger partial charge in [-0.2, -0.15) is 0 Å². The Labute approximate surface area is 242 Å². The Morgan fingerprint density at radius 3 is 1.98 bits per heavy atom. The third-order valence-electron chi connectivity index (χ3n) is 7.27. The summed E-state index contributed by atoms with van der Waals surface area (Å²) in [7, 11) is 0. The van der Waals surface area contributed by atoms with Crippen LogP contribution in [-0.4, -0.2) is 0 Å². The first-order valence-corrected chi connectivity index (χ1v) is 13.9. The zero-order valence-electron chi connectivity index (χ0n) is 22.9. The summed E-state index contributed by atoms with van der Waals surface area (Å²) in [5.41, 5.74) is 9.16. The van der Waals surface area contributed by atoms with Crippen molar-refractivity contribution >= 4 is 39.5 Å². The van der Waals surface area contributed by atoms with Crippen molar-refractivity contribution in [2.45, 2.75) is 0 Å². The summed E-state index contributed by atoms with van der Waals surface area (Å²) < 4.78 is 0. The van der Waals surface area contributed by atoms with Crippen molar-refractivity contribution in [2.75, 3.05) is 4.90 Å². The molecule has 0 aromatic heterocycles. The molecule has 0 aliphatic carbocycles. The van der Waals surface area contributed by atoms with E-state index in [0.717, 1.165) is 33.8 Å². The van der Waals surface area contributed by atoms with Gasteiger partial charge in [0.2, 0.25) is 0 Å². The summed E-state index contributed by atoms with van der Waals surface area (Å²) in [6.45, 7) is 3.93. The van der Waals surface area contributed by atoms with Crippen molar-refractivity contribution in [1.82, 2.24) is 0 Å². The number of anilines is 3. The maximum Gasteiger partial charge on any atom is 0.0533 e. The molecule has 0 bridgehead atoms. The van der Waals surface area contributed by atoms with E-state index >= 15 is 0 Å². The fourth-order valence-corrected chi connectivity index (χ4v) is 5.29. The lowest BCUT2D eigenvalue weighted by atomic mass is 9.98. The number of rotatable bonds is 8. The van der Waals surface area contributed by atoms with E-state index in [1.807, 2.05) is 12.1 Å². The van der Waals surface area contributed by atoms with Gasteiger partial charge in [0.15, 0.2) is 0 Å². The number of benzene rings is 6. The smallest absolute Gasteiger partial charge is 0.0533 e. The summed E-state index contributed by atoms with van der Waals surface area (Å²) in [6, 6.07) is 53.5. The van der Waals surface area contributed by atoms with Gasteiger partial charge in [0, 0.05) is 11.4 Å². The molecule has 1 heteroatoms. The molecule has 6 aromatic carbocycles. The van der Waals surface area contributed by atoms with Crippen LogP contribution in [-0.2, 0) is 0 Å². The maximum absolute atomic E-state index is 3.93. The quantitative estimate of drug-likeness (QED) is 0.179. The Morgan fingerprint density at radius 2 is 1.20 bits per heavy atom. The summed E-state index contributed by atoms with van der Waals surface area (Å²) in [5.74, 6) is 0. The van der Waals surface area contributed by atoms with Gasteiger partial charge >= 0.3 is 0 Å². The minimum atomic E-state index is 1.10. The number of para-hydroxylation sites is 2. The lowest BCUT2D eigenvalue weighted by molar-refractivity contribution is 1.28. The van der Waals surface area contributed by atoms with Gasteiger partial charge < -0.3 is 4.90 Å². The molecule has 0 saturated carbocycles. The van der Waals surface area contributed by atoms with E-state index in [1.165, 1.54) is 21.9 Å². The van der Waals surface area contributed by atoms with Crippen LogP contribution in [0.1, 0.15) is 11.1 Å². The first-order chi connectivity index (χ1) is 20.3. The summed E-state index contributed by atoms with van der Waals surface area (Å²) >= 11 is 0. The van der Waals surface area contributed by atoms with Crippen LogP contribution in [0.25, 0.3) is 33.5 Å². The van der Waals surface area contributed by atoms with Gasteiger partial charge in [-0.1, -0.05) is 152 Å². The lowest BCUT2D eigenvalue weighted by Crippen LogP contribution is -2.11. The van der Waals surface area contributed by atoms with Gasteiger partial charge in [0.1, 0.15) is 0 Å². The Morgan fingerprint density at radius 1 is 0.561 bits per heavy atom. The van der Waals surface area contributed by atoms with Crippen LogP contribution in [0.4, 0.5) is 17.1 Å². The van der Waals surface area contributed by atoms with Crippen LogP contribution < -0.4 is 4.90 Å². The largest absolute Gasteiger partial charge is 0.310 e. The molecule has 0 spiro atoms. The Bertz CT molecular complexity index is 1820. The summed E-state index contributed by atoms with van der Waals surface area (Å²) in [5, 5.41) is 2.51. The first-order valence-electron chi connectivity index (χ1n) is 13.9. The standard InChI is InChI=1S/C40H31N/c1-2-14-31(32-15-5-3-6-16-32)25-26-35-18-10-12-24-40(35)41(36-20-7-4-8-21-36)37-29-27-34(28-30-37)39-23-13-19-33-17-9-11-22-38(33)39/h2-30H,1H2/b26-25+,31-14+. The first kappa shape index (κ1) is 25.9. The molecule has 0 amide bonds. The van der Waals surface area contributed by atoms with Gasteiger partial charge in [-0.05, 0) is 68.9 Å². The lowest BCUT2D eigenvalue weighted by Gasteiger charge is -2.27. The van der Waals surface area contributed by atoms with E-state index < -0.39 is 0 Å². The minimum Gasteiger partial charge on any atom is -0.310 e. The molecule has 6 rings (SSSR count). The summed E-state index contributed by atoms with van der Waals surface area (Å²) in [4.78, 5) is 2.33. The normalized spacial score (nSPS) is 11.6. The maximum atomic E-state index is 3.93. The second kappa shape index (κ2) is 12.2. The minimum absolute atomic E-state index is 1.10. The monoisotopic (exact) mass is 525 g/mol. The highest BCUT2D eigenvalue weighted by Gasteiger charge is 2.15. The van der Waals surface area contributed by atoms with Crippen molar-refractivity contribution in [1.29, 1.82) is 0 Å².